The van der Waals surface area contributed by atoms with Crippen molar-refractivity contribution in [3.63, 3.8) is 0 Å². The lowest BCUT2D eigenvalue weighted by Gasteiger charge is -1.96. The summed E-state index contributed by atoms with van der Waals surface area (Å²) in [7, 11) is 0. The molecule has 0 saturated heterocycles. The highest BCUT2D eigenvalue weighted by Crippen LogP contribution is 2.13. The molecule has 14 heavy (non-hydrogen) atoms. The van der Waals surface area contributed by atoms with Crippen LogP contribution in [0.3, 0.4) is 0 Å². The van der Waals surface area contributed by atoms with E-state index in [4.69, 9.17) is 5.11 Å². The maximum Gasteiger partial charge on any atom is 0.337 e. The highest BCUT2D eigenvalue weighted by molar-refractivity contribution is 14.1. The van der Waals surface area contributed by atoms with E-state index < -0.39 is 27.2 Å². The van der Waals surface area contributed by atoms with E-state index in [0.717, 1.165) is 0 Å². The number of carboxylic acids is 1. The van der Waals surface area contributed by atoms with Gasteiger partial charge in [-0.1, -0.05) is 6.58 Å². The molecule has 1 aromatic rings. The summed E-state index contributed by atoms with van der Waals surface area (Å²) in [5.41, 5.74) is 0.119. The van der Waals surface area contributed by atoms with E-state index in [9.17, 15) is 7.86 Å². The van der Waals surface area contributed by atoms with Crippen molar-refractivity contribution in [2.45, 2.75) is 6.54 Å². The summed E-state index contributed by atoms with van der Waals surface area (Å²) >= 11 is -1.46. The number of carbonyl (C=O) groups is 1. The molecular formula is C9H9INO3+. The lowest BCUT2D eigenvalue weighted by atomic mass is 10.3. The second-order valence-electron chi connectivity index (χ2n) is 2.57. The third-order valence-electron chi connectivity index (χ3n) is 1.62. The van der Waals surface area contributed by atoms with Crippen LogP contribution in [0.25, 0.3) is 0 Å². The average Bonchev–Trinajstić information content (AvgIpc) is 2.17. The van der Waals surface area contributed by atoms with Crippen LogP contribution in [0.2, 0.25) is 0 Å². The minimum absolute atomic E-state index is 0.119. The number of aromatic nitrogens is 1. The monoisotopic (exact) mass is 306 g/mol. The lowest BCUT2D eigenvalue weighted by Crippen LogP contribution is -2.32. The zero-order valence-corrected chi connectivity index (χ0v) is 9.47. The van der Waals surface area contributed by atoms with Crippen molar-refractivity contribution < 1.29 is 17.5 Å². The van der Waals surface area contributed by atoms with E-state index >= 15 is 0 Å². The van der Waals surface area contributed by atoms with Gasteiger partial charge in [0.25, 0.3) is 0 Å². The summed E-state index contributed by atoms with van der Waals surface area (Å²) in [6, 6.07) is 1.46. The minimum atomic E-state index is -1.46. The van der Waals surface area contributed by atoms with Gasteiger partial charge in [-0.25, -0.2) is 9.36 Å². The Morgan fingerprint density at radius 1 is 1.71 bits per heavy atom. The number of hydrogen-bond donors (Lipinski definition) is 1. The summed E-state index contributed by atoms with van der Waals surface area (Å²) < 4.78 is 13.0. The highest BCUT2D eigenvalue weighted by Gasteiger charge is 2.14. The smallest absolute Gasteiger partial charge is 0.337 e. The molecule has 0 bridgehead atoms. The molecule has 1 N–H and O–H groups in total. The second kappa shape index (κ2) is 4.94. The Morgan fingerprint density at radius 3 is 2.93 bits per heavy atom. The molecule has 0 amide bonds. The molecule has 5 heteroatoms. The van der Waals surface area contributed by atoms with Crippen LogP contribution in [0.4, 0.5) is 0 Å². The molecule has 74 valence electrons. The molecule has 0 fully saturated rings. The number of hydrogen-bond acceptors (Lipinski definition) is 2. The highest BCUT2D eigenvalue weighted by atomic mass is 127. The predicted octanol–water partition coefficient (Wildman–Crippen LogP) is 1.34. The molecule has 0 aromatic carbocycles. The van der Waals surface area contributed by atoms with Crippen LogP contribution in [-0.4, -0.2) is 11.1 Å². The Bertz CT molecular complexity index is 390. The van der Waals surface area contributed by atoms with E-state index in [1.807, 2.05) is 0 Å². The first-order valence-corrected chi connectivity index (χ1v) is 5.79. The predicted molar refractivity (Wildman–Crippen MR) is 57.2 cm³/mol. The molecule has 0 saturated carbocycles. The fourth-order valence-corrected chi connectivity index (χ4v) is 2.12. The molecule has 0 aliphatic carbocycles. The zero-order valence-electron chi connectivity index (χ0n) is 7.31. The fourth-order valence-electron chi connectivity index (χ4n) is 1.01. The maximum atomic E-state index is 10.8. The van der Waals surface area contributed by atoms with Gasteiger partial charge in [-0.3, -0.25) is 3.07 Å². The van der Waals surface area contributed by atoms with Crippen molar-refractivity contribution in [3.8, 4) is 0 Å². The standard InChI is InChI=1S/C9H8INO3/c1-2-4-11-5-3-7(9(12)13)8(6-11)10-14/h2-3,5-6H,1,4H2/p+1. The number of nitrogens with zero attached hydrogens (tertiary/aromatic N) is 1. The van der Waals surface area contributed by atoms with Gasteiger partial charge >= 0.3 is 5.97 Å². The molecular weight excluding hydrogens is 297 g/mol. The third-order valence-corrected chi connectivity index (χ3v) is 2.96. The molecule has 1 aromatic heterocycles. The molecule has 1 rings (SSSR count). The van der Waals surface area contributed by atoms with Gasteiger partial charge in [0.15, 0.2) is 40.1 Å². The minimum Gasteiger partial charge on any atom is -0.478 e. The molecule has 4 nitrogen and oxygen atoms in total. The van der Waals surface area contributed by atoms with Crippen molar-refractivity contribution in [3.05, 3.63) is 40.2 Å². The third kappa shape index (κ3) is 2.44. The van der Waals surface area contributed by atoms with Gasteiger partial charge in [0.2, 0.25) is 0 Å². The average molecular weight is 306 g/mol. The van der Waals surface area contributed by atoms with Gasteiger partial charge in [0.1, 0.15) is 3.57 Å². The molecule has 0 atom stereocenters. The van der Waals surface area contributed by atoms with Crippen molar-refractivity contribution in [2.75, 3.05) is 0 Å². The van der Waals surface area contributed by atoms with Gasteiger partial charge < -0.3 is 5.11 Å². The van der Waals surface area contributed by atoms with Gasteiger partial charge in [-0.05, 0) is 6.08 Å². The van der Waals surface area contributed by atoms with Gasteiger partial charge in [0.05, 0.1) is 5.56 Å². The van der Waals surface area contributed by atoms with E-state index in [-0.39, 0.29) is 5.56 Å². The fraction of sp³-hybridized carbons (Fsp3) is 0.111. The van der Waals surface area contributed by atoms with Gasteiger partial charge in [-0.2, -0.15) is 0 Å². The van der Waals surface area contributed by atoms with E-state index in [1.54, 1.807) is 23.0 Å². The molecule has 0 radical (unpaired) electrons. The SMILES string of the molecule is C=CC[n+]1ccc(C(=O)O)c(I=O)c1. The number of halogens is 1. The number of pyridine rings is 1. The van der Waals surface area contributed by atoms with Crippen molar-refractivity contribution in [1.29, 1.82) is 0 Å². The van der Waals surface area contributed by atoms with Crippen LogP contribution in [0, 0.1) is 3.57 Å². The molecule has 0 aliphatic heterocycles. The summed E-state index contributed by atoms with van der Waals surface area (Å²) in [6.45, 7) is 4.14. The topological polar surface area (TPSA) is 58.2 Å². The van der Waals surface area contributed by atoms with Crippen molar-refractivity contribution >= 4 is 27.2 Å². The number of allylic oxidation sites excluding steroid dienone is 1. The van der Waals surface area contributed by atoms with E-state index in [1.165, 1.54) is 6.07 Å². The van der Waals surface area contributed by atoms with Crippen LogP contribution >= 0.6 is 21.2 Å². The number of aromatic carboxylic acids is 1. The van der Waals surface area contributed by atoms with Crippen LogP contribution in [0.15, 0.2) is 31.1 Å². The Morgan fingerprint density at radius 2 is 2.43 bits per heavy atom. The Kier molecular flexibility index (Phi) is 3.87. The second-order valence-corrected chi connectivity index (χ2v) is 4.18. The molecule has 0 aliphatic rings. The van der Waals surface area contributed by atoms with E-state index in [2.05, 4.69) is 6.58 Å². The number of carboxylic acid groups (broad SMARTS) is 1. The van der Waals surface area contributed by atoms with Crippen molar-refractivity contribution in [1.82, 2.24) is 0 Å². The van der Waals surface area contributed by atoms with Crippen molar-refractivity contribution in [2.24, 2.45) is 0 Å². The summed E-state index contributed by atoms with van der Waals surface area (Å²) in [5, 5.41) is 8.77. The van der Waals surface area contributed by atoms with Gasteiger partial charge in [0, 0.05) is 6.07 Å². The van der Waals surface area contributed by atoms with Crippen LogP contribution in [0.1, 0.15) is 10.4 Å². The van der Waals surface area contributed by atoms with Crippen LogP contribution in [-0.2, 0) is 9.61 Å². The summed E-state index contributed by atoms with van der Waals surface area (Å²) in [6.07, 6.45) is 4.91. The summed E-state index contributed by atoms with van der Waals surface area (Å²) in [5.74, 6) is -1.04. The van der Waals surface area contributed by atoms with Gasteiger partial charge in [-0.15, -0.1) is 0 Å². The molecule has 0 spiro atoms. The number of rotatable bonds is 4. The lowest BCUT2D eigenvalue weighted by molar-refractivity contribution is -0.687. The maximum absolute atomic E-state index is 10.8. The van der Waals surface area contributed by atoms with Crippen LogP contribution in [0.5, 0.6) is 0 Å². The molecule has 0 unspecified atom stereocenters. The molecule has 1 heterocycles. The first-order valence-electron chi connectivity index (χ1n) is 3.83. The Labute approximate surface area is 91.5 Å². The van der Waals surface area contributed by atoms with Crippen LogP contribution < -0.4 is 4.57 Å². The normalized spacial score (nSPS) is 9.71. The largest absolute Gasteiger partial charge is 0.478 e. The summed E-state index contributed by atoms with van der Waals surface area (Å²) in [4.78, 5) is 10.7. The first kappa shape index (κ1) is 11.0. The quantitative estimate of drug-likeness (QED) is 0.519. The zero-order chi connectivity index (χ0) is 10.6. The van der Waals surface area contributed by atoms with E-state index in [0.29, 0.717) is 10.1 Å². The Hall–Kier alpha value is -1.11. The Balaban J connectivity index is 3.17. The first-order chi connectivity index (χ1) is 6.69.